The fraction of sp³-hybridized carbons (Fsp3) is 0.240. The monoisotopic (exact) mass is 592 g/mol. The van der Waals surface area contributed by atoms with Gasteiger partial charge in [-0.2, -0.15) is 26.3 Å². The molecule has 0 saturated heterocycles. The Bertz CT molecular complexity index is 1500. The third-order valence-corrected chi connectivity index (χ3v) is 8.18. The number of fused-ring (bicyclic) bond motifs is 1. The van der Waals surface area contributed by atoms with Crippen LogP contribution in [0.2, 0.25) is 5.02 Å². The summed E-state index contributed by atoms with van der Waals surface area (Å²) in [5.74, 6) is -2.56. The van der Waals surface area contributed by atoms with E-state index in [-0.39, 0.29) is 40.9 Å². The molecule has 3 aromatic carbocycles. The number of carbonyl (C=O) groups excluding carboxylic acids is 1. The molecule has 3 aromatic rings. The van der Waals surface area contributed by atoms with Crippen molar-refractivity contribution in [3.05, 3.63) is 87.7 Å². The number of anilines is 1. The van der Waals surface area contributed by atoms with Crippen molar-refractivity contribution in [2.24, 2.45) is 0 Å². The maximum Gasteiger partial charge on any atom is 0.419 e. The molecule has 0 bridgehead atoms. The second kappa shape index (κ2) is 11.1. The van der Waals surface area contributed by atoms with Crippen molar-refractivity contribution in [1.82, 2.24) is 4.31 Å². The molecule has 0 aromatic heterocycles. The van der Waals surface area contributed by atoms with E-state index < -0.39 is 52.1 Å². The Labute approximate surface area is 224 Å². The van der Waals surface area contributed by atoms with Gasteiger partial charge in [-0.15, -0.1) is 0 Å². The van der Waals surface area contributed by atoms with Crippen LogP contribution in [0.5, 0.6) is 5.75 Å². The van der Waals surface area contributed by atoms with E-state index in [0.717, 1.165) is 40.7 Å². The first kappa shape index (κ1) is 28.7. The first-order valence-corrected chi connectivity index (χ1v) is 13.1. The first-order chi connectivity index (χ1) is 18.3. The molecule has 0 atom stereocenters. The fourth-order valence-electron chi connectivity index (χ4n) is 4.18. The number of carbonyl (C=O) groups is 1. The number of nitrogens with zero attached hydrogens (tertiary/aromatic N) is 1. The Balaban J connectivity index is 1.52. The average molecular weight is 593 g/mol. The van der Waals surface area contributed by atoms with E-state index in [2.05, 4.69) is 10.1 Å². The van der Waals surface area contributed by atoms with E-state index in [4.69, 9.17) is 11.6 Å². The summed E-state index contributed by atoms with van der Waals surface area (Å²) in [5, 5.41) is 2.63. The Kier molecular flexibility index (Phi) is 8.14. The van der Waals surface area contributed by atoms with Gasteiger partial charge in [-0.1, -0.05) is 29.8 Å². The highest BCUT2D eigenvalue weighted by Gasteiger charge is 2.35. The summed E-state index contributed by atoms with van der Waals surface area (Å²) >= 11 is 6.26. The van der Waals surface area contributed by atoms with E-state index in [1.165, 1.54) is 6.07 Å². The predicted molar refractivity (Wildman–Crippen MR) is 130 cm³/mol. The predicted octanol–water partition coefficient (Wildman–Crippen LogP) is 6.03. The summed E-state index contributed by atoms with van der Waals surface area (Å²) in [4.78, 5) is 12.5. The summed E-state index contributed by atoms with van der Waals surface area (Å²) in [6, 6.07) is 10.1. The van der Waals surface area contributed by atoms with E-state index in [9.17, 15) is 39.6 Å². The second-order valence-electron chi connectivity index (χ2n) is 8.50. The van der Waals surface area contributed by atoms with Gasteiger partial charge in [0, 0.05) is 13.1 Å². The van der Waals surface area contributed by atoms with Gasteiger partial charge in [-0.05, 0) is 59.5 Å². The minimum absolute atomic E-state index is 0.0178. The molecule has 1 aliphatic rings. The number of hydrogen-bond donors (Lipinski definition) is 1. The highest BCUT2D eigenvalue weighted by Crippen LogP contribution is 2.36. The van der Waals surface area contributed by atoms with Crippen LogP contribution >= 0.6 is 11.6 Å². The summed E-state index contributed by atoms with van der Waals surface area (Å²) in [7, 11) is -4.02. The van der Waals surface area contributed by atoms with Crippen molar-refractivity contribution in [2.75, 3.05) is 11.9 Å². The minimum atomic E-state index is -4.92. The maximum absolute atomic E-state index is 14.4. The highest BCUT2D eigenvalue weighted by molar-refractivity contribution is 7.89. The van der Waals surface area contributed by atoms with E-state index >= 15 is 0 Å². The van der Waals surface area contributed by atoms with E-state index in [1.54, 1.807) is 6.07 Å². The zero-order chi connectivity index (χ0) is 28.5. The molecule has 1 heterocycles. The van der Waals surface area contributed by atoms with Crippen LogP contribution in [0.15, 0.2) is 59.5 Å². The number of nitrogens with one attached hydrogen (secondary N) is 1. The van der Waals surface area contributed by atoms with Crippen molar-refractivity contribution >= 4 is 33.2 Å². The quantitative estimate of drug-likeness (QED) is 0.340. The van der Waals surface area contributed by atoms with E-state index in [0.29, 0.717) is 17.2 Å². The van der Waals surface area contributed by atoms with Crippen LogP contribution in [0.3, 0.4) is 0 Å². The lowest BCUT2D eigenvalue weighted by molar-refractivity contribution is -0.140. The molecule has 1 aliphatic heterocycles. The van der Waals surface area contributed by atoms with Crippen LogP contribution in [0.4, 0.5) is 32.0 Å². The summed E-state index contributed by atoms with van der Waals surface area (Å²) in [5.41, 5.74) is -0.761. The lowest BCUT2D eigenvalue weighted by atomic mass is 9.98. The minimum Gasteiger partial charge on any atom is -0.435 e. The van der Waals surface area contributed by atoms with Crippen molar-refractivity contribution in [2.45, 2.75) is 37.1 Å². The van der Waals surface area contributed by atoms with Crippen molar-refractivity contribution in [3.63, 3.8) is 0 Å². The van der Waals surface area contributed by atoms with Crippen LogP contribution in [0, 0.1) is 5.82 Å². The maximum atomic E-state index is 14.4. The topological polar surface area (TPSA) is 75.7 Å². The molecule has 1 N–H and O–H groups in total. The number of halogens is 7. The molecule has 0 unspecified atom stereocenters. The van der Waals surface area contributed by atoms with Crippen LogP contribution in [0.25, 0.3) is 0 Å². The molecular formula is C25H19ClF6N2O4S. The molecule has 0 aliphatic carbocycles. The van der Waals surface area contributed by atoms with Gasteiger partial charge in [0.15, 0.2) is 0 Å². The third kappa shape index (κ3) is 6.31. The van der Waals surface area contributed by atoms with Gasteiger partial charge in [-0.3, -0.25) is 4.79 Å². The molecule has 0 radical (unpaired) electrons. The van der Waals surface area contributed by atoms with Crippen LogP contribution in [0.1, 0.15) is 22.3 Å². The van der Waals surface area contributed by atoms with Crippen LogP contribution in [-0.4, -0.2) is 31.8 Å². The number of hydrogen-bond acceptors (Lipinski definition) is 4. The molecule has 6 nitrogen and oxygen atoms in total. The molecule has 14 heteroatoms. The van der Waals surface area contributed by atoms with Crippen LogP contribution in [-0.2, 0) is 40.4 Å². The zero-order valence-corrected chi connectivity index (χ0v) is 21.3. The number of alkyl halides is 5. The number of ether oxygens (including phenoxy) is 1. The summed E-state index contributed by atoms with van der Waals surface area (Å²) in [6.07, 6.45) is -5.50. The normalized spacial score (nSPS) is 14.3. The van der Waals surface area contributed by atoms with Gasteiger partial charge >= 0.3 is 12.8 Å². The zero-order valence-electron chi connectivity index (χ0n) is 19.7. The molecule has 4 rings (SSSR count). The van der Waals surface area contributed by atoms with Gasteiger partial charge in [0.05, 0.1) is 27.6 Å². The second-order valence-corrected chi connectivity index (χ2v) is 10.8. The Morgan fingerprint density at radius 1 is 1.08 bits per heavy atom. The van der Waals surface area contributed by atoms with Gasteiger partial charge in [0.1, 0.15) is 11.6 Å². The average Bonchev–Trinajstić information content (AvgIpc) is 2.86. The highest BCUT2D eigenvalue weighted by atomic mass is 35.5. The number of sulfonamides is 1. The Morgan fingerprint density at radius 3 is 2.41 bits per heavy atom. The first-order valence-electron chi connectivity index (χ1n) is 11.3. The Hall–Kier alpha value is -3.29. The van der Waals surface area contributed by atoms with Gasteiger partial charge in [0.25, 0.3) is 0 Å². The van der Waals surface area contributed by atoms with Gasteiger partial charge in [0.2, 0.25) is 15.9 Å². The summed E-state index contributed by atoms with van der Waals surface area (Å²) in [6.45, 7) is -3.18. The SMILES string of the molecule is O=C(Cc1cccc(C(F)(F)F)c1F)Nc1c(Cl)ccc2c1CCN(S(=O)(=O)c1ccc(OC(F)F)cc1)C2. The Morgan fingerprint density at radius 2 is 1.77 bits per heavy atom. The molecular weight excluding hydrogens is 574 g/mol. The lowest BCUT2D eigenvalue weighted by Crippen LogP contribution is -2.36. The van der Waals surface area contributed by atoms with Crippen molar-refractivity contribution in [3.8, 4) is 5.75 Å². The fourth-order valence-corrected chi connectivity index (χ4v) is 5.82. The molecule has 1 amide bonds. The smallest absolute Gasteiger partial charge is 0.419 e. The standard InChI is InChI=1S/C25H19ClF6N2O4S/c26-20-9-4-15-13-34(39(36,37)17-7-5-16(6-8-17)38-24(28)29)11-10-18(15)23(20)33-21(35)12-14-2-1-3-19(22(14)27)25(30,31)32/h1-9,24H,10-13H2,(H,33,35). The van der Waals surface area contributed by atoms with Gasteiger partial charge < -0.3 is 10.1 Å². The number of amides is 1. The molecule has 0 fully saturated rings. The molecule has 0 spiro atoms. The largest absolute Gasteiger partial charge is 0.435 e. The van der Waals surface area contributed by atoms with Gasteiger partial charge in [-0.25, -0.2) is 12.8 Å². The summed E-state index contributed by atoms with van der Waals surface area (Å²) < 4.78 is 110. The molecule has 208 valence electrons. The van der Waals surface area contributed by atoms with Crippen molar-refractivity contribution in [1.29, 1.82) is 0 Å². The number of rotatable bonds is 7. The molecule has 0 saturated carbocycles. The van der Waals surface area contributed by atoms with Crippen LogP contribution < -0.4 is 10.1 Å². The molecule has 39 heavy (non-hydrogen) atoms. The van der Waals surface area contributed by atoms with E-state index in [1.807, 2.05) is 0 Å². The third-order valence-electron chi connectivity index (χ3n) is 6.00. The number of benzene rings is 3. The lowest BCUT2D eigenvalue weighted by Gasteiger charge is -2.30. The van der Waals surface area contributed by atoms with Crippen molar-refractivity contribution < 1.29 is 44.3 Å².